The Morgan fingerprint density at radius 2 is 2.00 bits per heavy atom. The van der Waals surface area contributed by atoms with E-state index in [9.17, 15) is 4.79 Å². The normalized spacial score (nSPS) is 9.94. The summed E-state index contributed by atoms with van der Waals surface area (Å²) >= 11 is 5.71. The van der Waals surface area contributed by atoms with Crippen molar-refractivity contribution in [2.45, 2.75) is 6.54 Å². The van der Waals surface area contributed by atoms with Gasteiger partial charge in [0.05, 0.1) is 0 Å². The molecule has 0 saturated carbocycles. The second kappa shape index (κ2) is 5.41. The Morgan fingerprint density at radius 1 is 1.24 bits per heavy atom. The first-order valence-electron chi connectivity index (χ1n) is 5.05. The summed E-state index contributed by atoms with van der Waals surface area (Å²) < 4.78 is 0. The van der Waals surface area contributed by atoms with Crippen molar-refractivity contribution < 1.29 is 4.79 Å². The smallest absolute Gasteiger partial charge is 0.270 e. The third kappa shape index (κ3) is 3.26. The predicted molar refractivity (Wildman–Crippen MR) is 64.7 cm³/mol. The summed E-state index contributed by atoms with van der Waals surface area (Å²) in [6.45, 7) is 0.440. The first-order chi connectivity index (χ1) is 8.25. The van der Waals surface area contributed by atoms with Gasteiger partial charge in [-0.3, -0.25) is 9.78 Å². The second-order valence-corrected chi connectivity index (χ2v) is 3.77. The highest BCUT2D eigenvalue weighted by molar-refractivity contribution is 6.29. The molecule has 0 aliphatic rings. The van der Waals surface area contributed by atoms with Crippen molar-refractivity contribution >= 4 is 17.5 Å². The summed E-state index contributed by atoms with van der Waals surface area (Å²) in [4.78, 5) is 19.5. The molecule has 0 aliphatic heterocycles. The maximum atomic E-state index is 11.7. The largest absolute Gasteiger partial charge is 0.347 e. The monoisotopic (exact) mass is 247 g/mol. The van der Waals surface area contributed by atoms with Gasteiger partial charge in [-0.15, -0.1) is 0 Å². The summed E-state index contributed by atoms with van der Waals surface area (Å²) in [7, 11) is 0. The first kappa shape index (κ1) is 11.5. The molecule has 5 heteroatoms. The van der Waals surface area contributed by atoms with E-state index < -0.39 is 0 Å². The van der Waals surface area contributed by atoms with E-state index in [1.807, 2.05) is 12.1 Å². The van der Waals surface area contributed by atoms with Crippen LogP contribution >= 0.6 is 11.6 Å². The third-order valence-corrected chi connectivity index (χ3v) is 2.36. The van der Waals surface area contributed by atoms with Gasteiger partial charge in [0.15, 0.2) is 0 Å². The van der Waals surface area contributed by atoms with Crippen molar-refractivity contribution in [1.82, 2.24) is 15.3 Å². The highest BCUT2D eigenvalue weighted by Crippen LogP contribution is 2.05. The average molecular weight is 248 g/mol. The van der Waals surface area contributed by atoms with Gasteiger partial charge in [0.2, 0.25) is 0 Å². The predicted octanol–water partition coefficient (Wildman–Crippen LogP) is 2.06. The van der Waals surface area contributed by atoms with E-state index in [2.05, 4.69) is 15.3 Å². The summed E-state index contributed by atoms with van der Waals surface area (Å²) in [5, 5.41) is 3.06. The Kier molecular flexibility index (Phi) is 3.67. The lowest BCUT2D eigenvalue weighted by atomic mass is 10.2. The van der Waals surface area contributed by atoms with Crippen LogP contribution in [0.1, 0.15) is 16.1 Å². The molecule has 0 aliphatic carbocycles. The quantitative estimate of drug-likeness (QED) is 0.845. The molecule has 1 N–H and O–H groups in total. The molecule has 0 atom stereocenters. The van der Waals surface area contributed by atoms with Gasteiger partial charge in [-0.1, -0.05) is 17.7 Å². The Balaban J connectivity index is 1.98. The molecule has 0 radical (unpaired) electrons. The Bertz CT molecular complexity index is 516. The van der Waals surface area contributed by atoms with Gasteiger partial charge in [0.1, 0.15) is 10.8 Å². The van der Waals surface area contributed by atoms with Crippen LogP contribution in [0.5, 0.6) is 0 Å². The van der Waals surface area contributed by atoms with E-state index >= 15 is 0 Å². The molecular weight excluding hydrogens is 238 g/mol. The molecule has 1 amide bonds. The molecule has 2 rings (SSSR count). The molecule has 0 saturated heterocycles. The Hall–Kier alpha value is -1.94. The van der Waals surface area contributed by atoms with Crippen molar-refractivity contribution in [3.05, 3.63) is 59.1 Å². The van der Waals surface area contributed by atoms with Crippen LogP contribution in [0.4, 0.5) is 0 Å². The summed E-state index contributed by atoms with van der Waals surface area (Å²) in [6, 6.07) is 8.61. The average Bonchev–Trinajstić information content (AvgIpc) is 2.37. The van der Waals surface area contributed by atoms with Gasteiger partial charge in [-0.2, -0.15) is 0 Å². The summed E-state index contributed by atoms with van der Waals surface area (Å²) in [6.07, 6.45) is 3.36. The molecule has 0 aromatic carbocycles. The maximum absolute atomic E-state index is 11.7. The number of carbonyl (C=O) groups is 1. The minimum atomic E-state index is -0.246. The van der Waals surface area contributed by atoms with Gasteiger partial charge < -0.3 is 5.32 Å². The number of carbonyl (C=O) groups excluding carboxylic acids is 1. The number of amides is 1. The molecule has 2 aromatic heterocycles. The SMILES string of the molecule is O=C(NCc1ccncc1)c1cccc(Cl)n1. The van der Waals surface area contributed by atoms with Crippen LogP contribution in [-0.2, 0) is 6.54 Å². The van der Waals surface area contributed by atoms with Crippen LogP contribution in [-0.4, -0.2) is 15.9 Å². The van der Waals surface area contributed by atoms with Crippen molar-refractivity contribution in [2.75, 3.05) is 0 Å². The fourth-order valence-electron chi connectivity index (χ4n) is 1.31. The number of pyridine rings is 2. The fourth-order valence-corrected chi connectivity index (χ4v) is 1.47. The van der Waals surface area contributed by atoms with E-state index in [1.165, 1.54) is 0 Å². The zero-order valence-corrected chi connectivity index (χ0v) is 9.69. The maximum Gasteiger partial charge on any atom is 0.270 e. The van der Waals surface area contributed by atoms with Gasteiger partial charge >= 0.3 is 0 Å². The van der Waals surface area contributed by atoms with Crippen molar-refractivity contribution in [1.29, 1.82) is 0 Å². The van der Waals surface area contributed by atoms with Crippen LogP contribution in [0.2, 0.25) is 5.15 Å². The lowest BCUT2D eigenvalue weighted by molar-refractivity contribution is 0.0946. The molecule has 0 spiro atoms. The minimum absolute atomic E-state index is 0.246. The zero-order valence-electron chi connectivity index (χ0n) is 8.93. The molecule has 2 heterocycles. The van der Waals surface area contributed by atoms with Crippen LogP contribution in [0.25, 0.3) is 0 Å². The summed E-state index contributed by atoms with van der Waals surface area (Å²) in [5.41, 5.74) is 1.29. The number of nitrogens with one attached hydrogen (secondary N) is 1. The van der Waals surface area contributed by atoms with Gasteiger partial charge in [-0.25, -0.2) is 4.98 Å². The first-order valence-corrected chi connectivity index (χ1v) is 5.43. The highest BCUT2D eigenvalue weighted by atomic mass is 35.5. The van der Waals surface area contributed by atoms with Crippen LogP contribution in [0, 0.1) is 0 Å². The molecule has 4 nitrogen and oxygen atoms in total. The van der Waals surface area contributed by atoms with Crippen molar-refractivity contribution in [3.8, 4) is 0 Å². The third-order valence-electron chi connectivity index (χ3n) is 2.15. The molecule has 2 aromatic rings. The fraction of sp³-hybridized carbons (Fsp3) is 0.0833. The lowest BCUT2D eigenvalue weighted by Crippen LogP contribution is -2.23. The Morgan fingerprint density at radius 3 is 2.71 bits per heavy atom. The summed E-state index contributed by atoms with van der Waals surface area (Å²) in [5.74, 6) is -0.246. The van der Waals surface area contributed by atoms with Crippen molar-refractivity contribution in [2.24, 2.45) is 0 Å². The number of aromatic nitrogens is 2. The minimum Gasteiger partial charge on any atom is -0.347 e. The zero-order chi connectivity index (χ0) is 12.1. The van der Waals surface area contributed by atoms with Gasteiger partial charge in [0.25, 0.3) is 5.91 Å². The van der Waals surface area contributed by atoms with E-state index in [0.29, 0.717) is 17.4 Å². The molecule has 0 bridgehead atoms. The molecular formula is C12H10ClN3O. The van der Waals surface area contributed by atoms with Gasteiger partial charge in [-0.05, 0) is 29.8 Å². The van der Waals surface area contributed by atoms with E-state index in [-0.39, 0.29) is 5.91 Å². The van der Waals surface area contributed by atoms with Crippen molar-refractivity contribution in [3.63, 3.8) is 0 Å². The topological polar surface area (TPSA) is 54.9 Å². The molecule has 17 heavy (non-hydrogen) atoms. The van der Waals surface area contributed by atoms with Gasteiger partial charge in [0, 0.05) is 18.9 Å². The highest BCUT2D eigenvalue weighted by Gasteiger charge is 2.06. The molecule has 86 valence electrons. The van der Waals surface area contributed by atoms with Crippen LogP contribution < -0.4 is 5.32 Å². The number of halogens is 1. The lowest BCUT2D eigenvalue weighted by Gasteiger charge is -2.04. The standard InChI is InChI=1S/C12H10ClN3O/c13-11-3-1-2-10(16-11)12(17)15-8-9-4-6-14-7-5-9/h1-7H,8H2,(H,15,17). The van der Waals surface area contributed by atoms with Crippen LogP contribution in [0.3, 0.4) is 0 Å². The second-order valence-electron chi connectivity index (χ2n) is 3.38. The van der Waals surface area contributed by atoms with E-state index in [1.54, 1.807) is 30.6 Å². The molecule has 0 fully saturated rings. The van der Waals surface area contributed by atoms with Crippen LogP contribution in [0.15, 0.2) is 42.7 Å². The van der Waals surface area contributed by atoms with E-state index in [4.69, 9.17) is 11.6 Å². The number of hydrogen-bond acceptors (Lipinski definition) is 3. The Labute approximate surface area is 104 Å². The van der Waals surface area contributed by atoms with E-state index in [0.717, 1.165) is 5.56 Å². The number of nitrogens with zero attached hydrogens (tertiary/aromatic N) is 2. The number of hydrogen-bond donors (Lipinski definition) is 1. The number of rotatable bonds is 3. The molecule has 0 unspecified atom stereocenters.